The lowest BCUT2D eigenvalue weighted by atomic mass is 9.95. The van der Waals surface area contributed by atoms with Gasteiger partial charge in [0.1, 0.15) is 23.0 Å². The molecule has 3 unspecified atom stereocenters. The molecule has 1 fully saturated rings. The fraction of sp³-hybridized carbons (Fsp3) is 0.500. The van der Waals surface area contributed by atoms with E-state index in [4.69, 9.17) is 9.84 Å². The van der Waals surface area contributed by atoms with Crippen molar-refractivity contribution in [2.24, 2.45) is 0 Å². The number of aliphatic hydroxyl groups excluding tert-OH is 2. The van der Waals surface area contributed by atoms with Crippen LogP contribution in [0.25, 0.3) is 0 Å². The topological polar surface area (TPSA) is 87.1 Å². The number of halogens is 2. The molecule has 3 atom stereocenters. The molecule has 1 aliphatic rings. The average Bonchev–Trinajstić information content (AvgIpc) is 2.77. The first-order valence-corrected chi connectivity index (χ1v) is 12.4. The van der Waals surface area contributed by atoms with E-state index in [9.17, 15) is 17.9 Å². The van der Waals surface area contributed by atoms with Crippen LogP contribution in [0, 0.1) is 11.6 Å². The summed E-state index contributed by atoms with van der Waals surface area (Å²) in [5.74, 6) is -1.48. The van der Waals surface area contributed by atoms with Crippen molar-refractivity contribution < 1.29 is 32.1 Å². The molecule has 1 heterocycles. The lowest BCUT2D eigenvalue weighted by Crippen LogP contribution is -2.44. The Morgan fingerprint density at radius 2 is 1.82 bits per heavy atom. The number of rotatable bonds is 8. The molecule has 0 saturated carbocycles. The van der Waals surface area contributed by atoms with Crippen molar-refractivity contribution in [2.75, 3.05) is 13.2 Å². The average molecular weight is 484 g/mol. The summed E-state index contributed by atoms with van der Waals surface area (Å²) in [6, 6.07) is 10.6. The van der Waals surface area contributed by atoms with Gasteiger partial charge in [0.2, 0.25) is 10.0 Å². The summed E-state index contributed by atoms with van der Waals surface area (Å²) in [5, 5.41) is 17.7. The van der Waals surface area contributed by atoms with Crippen molar-refractivity contribution in [3.63, 3.8) is 0 Å². The smallest absolute Gasteiger partial charge is 0.221 e. The van der Waals surface area contributed by atoms with Gasteiger partial charge in [-0.2, -0.15) is 4.31 Å². The second-order valence-electron chi connectivity index (χ2n) is 9.00. The van der Waals surface area contributed by atoms with Gasteiger partial charge in [0.05, 0.1) is 18.8 Å². The van der Waals surface area contributed by atoms with Crippen molar-refractivity contribution in [3.05, 3.63) is 70.8 Å². The molecule has 1 aliphatic heterocycles. The summed E-state index contributed by atoms with van der Waals surface area (Å²) < 4.78 is 63.5. The zero-order valence-electron chi connectivity index (χ0n) is 19.0. The fourth-order valence-corrected chi connectivity index (χ4v) is 6.31. The third-order valence-electron chi connectivity index (χ3n) is 6.15. The summed E-state index contributed by atoms with van der Waals surface area (Å²) in [6.07, 6.45) is -0.0696. The highest BCUT2D eigenvalue weighted by molar-refractivity contribution is 7.89. The van der Waals surface area contributed by atoms with E-state index in [1.54, 1.807) is 31.2 Å². The van der Waals surface area contributed by atoms with E-state index >= 15 is 4.39 Å². The first-order chi connectivity index (χ1) is 15.5. The van der Waals surface area contributed by atoms with Crippen LogP contribution in [0.2, 0.25) is 0 Å². The molecular formula is C24H31F2NO5S. The van der Waals surface area contributed by atoms with Crippen molar-refractivity contribution in [2.45, 2.75) is 63.2 Å². The molecule has 1 saturated heterocycles. The number of ether oxygens (including phenoxy) is 1. The fourth-order valence-electron chi connectivity index (χ4n) is 4.13. The van der Waals surface area contributed by atoms with Crippen LogP contribution in [0.15, 0.2) is 42.5 Å². The van der Waals surface area contributed by atoms with E-state index in [0.717, 1.165) is 12.1 Å². The van der Waals surface area contributed by atoms with Crippen LogP contribution in [-0.4, -0.2) is 48.3 Å². The Hall–Kier alpha value is -1.91. The molecule has 0 bridgehead atoms. The van der Waals surface area contributed by atoms with Crippen molar-refractivity contribution >= 4 is 10.0 Å². The van der Waals surface area contributed by atoms with Crippen LogP contribution in [0.3, 0.4) is 0 Å². The Morgan fingerprint density at radius 1 is 1.15 bits per heavy atom. The Morgan fingerprint density at radius 3 is 2.45 bits per heavy atom. The molecule has 0 aromatic heterocycles. The molecule has 6 nitrogen and oxygen atoms in total. The van der Waals surface area contributed by atoms with E-state index in [-0.39, 0.29) is 30.3 Å². The maximum atomic E-state index is 15.0. The highest BCUT2D eigenvalue weighted by Crippen LogP contribution is 2.38. The first-order valence-electron chi connectivity index (χ1n) is 10.9. The van der Waals surface area contributed by atoms with Crippen LogP contribution in [0.5, 0.6) is 0 Å². The Kier molecular flexibility index (Phi) is 7.91. The Balaban J connectivity index is 1.87. The molecule has 0 amide bonds. The molecule has 2 N–H and O–H groups in total. The predicted octanol–water partition coefficient (Wildman–Crippen LogP) is 3.63. The van der Waals surface area contributed by atoms with Crippen LogP contribution < -0.4 is 0 Å². The van der Waals surface area contributed by atoms with Crippen LogP contribution in [0.1, 0.15) is 55.6 Å². The van der Waals surface area contributed by atoms with Gasteiger partial charge < -0.3 is 14.9 Å². The summed E-state index contributed by atoms with van der Waals surface area (Å²) in [5.41, 5.74) is -0.722. The molecule has 33 heavy (non-hydrogen) atoms. The SMILES string of the molecule is CC1CCC(c2ccccc2)S(=O)(=O)N1Cc1cc(F)c(C(C)(C)OCC(O)CO)cc1F. The van der Waals surface area contributed by atoms with Crippen molar-refractivity contribution in [1.82, 2.24) is 4.31 Å². The summed E-state index contributed by atoms with van der Waals surface area (Å²) in [4.78, 5) is 0. The van der Waals surface area contributed by atoms with Crippen LogP contribution in [-0.2, 0) is 26.9 Å². The van der Waals surface area contributed by atoms with Gasteiger partial charge in [-0.3, -0.25) is 0 Å². The number of nitrogens with zero attached hydrogens (tertiary/aromatic N) is 1. The molecular weight excluding hydrogens is 452 g/mol. The summed E-state index contributed by atoms with van der Waals surface area (Å²) >= 11 is 0. The van der Waals surface area contributed by atoms with E-state index < -0.39 is 45.2 Å². The van der Waals surface area contributed by atoms with Gasteiger partial charge in [-0.1, -0.05) is 30.3 Å². The minimum atomic E-state index is -3.79. The molecule has 9 heteroatoms. The number of benzene rings is 2. The van der Waals surface area contributed by atoms with Gasteiger partial charge >= 0.3 is 0 Å². The van der Waals surface area contributed by atoms with Gasteiger partial charge in [0.25, 0.3) is 0 Å². The second-order valence-corrected chi connectivity index (χ2v) is 11.1. The summed E-state index contributed by atoms with van der Waals surface area (Å²) in [7, 11) is -3.79. The molecule has 182 valence electrons. The zero-order valence-corrected chi connectivity index (χ0v) is 19.9. The molecule has 0 aliphatic carbocycles. The summed E-state index contributed by atoms with van der Waals surface area (Å²) in [6.45, 7) is 3.77. The zero-order chi connectivity index (χ0) is 24.4. The van der Waals surface area contributed by atoms with Gasteiger partial charge in [0, 0.05) is 23.7 Å². The first kappa shape index (κ1) is 25.7. The minimum Gasteiger partial charge on any atom is -0.394 e. The lowest BCUT2D eigenvalue weighted by molar-refractivity contribution is -0.0756. The Bertz CT molecular complexity index is 1060. The highest BCUT2D eigenvalue weighted by Gasteiger charge is 2.41. The monoisotopic (exact) mass is 483 g/mol. The number of sulfonamides is 1. The number of aliphatic hydroxyl groups is 2. The molecule has 3 rings (SSSR count). The van der Waals surface area contributed by atoms with Gasteiger partial charge in [-0.25, -0.2) is 17.2 Å². The van der Waals surface area contributed by atoms with Crippen LogP contribution >= 0.6 is 0 Å². The highest BCUT2D eigenvalue weighted by atomic mass is 32.2. The van der Waals surface area contributed by atoms with Crippen molar-refractivity contribution in [1.29, 1.82) is 0 Å². The Labute approximate surface area is 193 Å². The molecule has 2 aromatic rings. The molecule has 2 aromatic carbocycles. The van der Waals surface area contributed by atoms with E-state index in [1.165, 1.54) is 18.2 Å². The minimum absolute atomic E-state index is 0.0634. The molecule has 0 radical (unpaired) electrons. The van der Waals surface area contributed by atoms with Crippen LogP contribution in [0.4, 0.5) is 8.78 Å². The third-order valence-corrected chi connectivity index (χ3v) is 8.52. The third kappa shape index (κ3) is 5.60. The van der Waals surface area contributed by atoms with E-state index in [2.05, 4.69) is 0 Å². The van der Waals surface area contributed by atoms with Gasteiger partial charge in [0.15, 0.2) is 0 Å². The van der Waals surface area contributed by atoms with Crippen molar-refractivity contribution in [3.8, 4) is 0 Å². The lowest BCUT2D eigenvalue weighted by Gasteiger charge is -2.37. The largest absolute Gasteiger partial charge is 0.394 e. The maximum absolute atomic E-state index is 15.0. The standard InChI is InChI=1S/C24H31F2NO5S/c1-16-9-10-23(17-7-5-4-6-8-17)33(30,31)27(16)13-18-11-22(26)20(12-21(18)25)24(2,3)32-15-19(29)14-28/h4-8,11-12,16,19,23,28-29H,9-10,13-15H2,1-3H3. The maximum Gasteiger partial charge on any atom is 0.221 e. The van der Waals surface area contributed by atoms with Gasteiger partial charge in [-0.15, -0.1) is 0 Å². The quantitative estimate of drug-likeness (QED) is 0.599. The predicted molar refractivity (Wildman–Crippen MR) is 121 cm³/mol. The molecule has 0 spiro atoms. The van der Waals surface area contributed by atoms with E-state index in [1.807, 2.05) is 6.07 Å². The number of hydrogen-bond acceptors (Lipinski definition) is 5. The second kappa shape index (κ2) is 10.1. The van der Waals surface area contributed by atoms with Gasteiger partial charge in [-0.05, 0) is 51.3 Å². The number of hydrogen-bond donors (Lipinski definition) is 2. The normalized spacial score (nSPS) is 22.3. The van der Waals surface area contributed by atoms with E-state index in [0.29, 0.717) is 18.4 Å².